The number of alkyl halides is 9. The minimum absolute atomic E-state index is 0.207. The van der Waals surface area contributed by atoms with E-state index < -0.39 is 50.4 Å². The summed E-state index contributed by atoms with van der Waals surface area (Å²) < 4.78 is 120. The van der Waals surface area contributed by atoms with Gasteiger partial charge in [-0.25, -0.2) is 0 Å². The Hall–Kier alpha value is -2.07. The second kappa shape index (κ2) is 19.9. The molecule has 6 rings (SSSR count). The summed E-state index contributed by atoms with van der Waals surface area (Å²) in [6.45, 7) is 10.8. The summed E-state index contributed by atoms with van der Waals surface area (Å²) in [6.07, 6.45) is -12.3. The summed E-state index contributed by atoms with van der Waals surface area (Å²) in [5.74, 6) is 1.51. The average Bonchev–Trinajstić information content (AvgIpc) is 3.87. The summed E-state index contributed by atoms with van der Waals surface area (Å²) in [7, 11) is 11.0. The van der Waals surface area contributed by atoms with Crippen LogP contribution in [0.3, 0.4) is 0 Å². The summed E-state index contributed by atoms with van der Waals surface area (Å²) in [4.78, 5) is 0. The number of benzene rings is 3. The summed E-state index contributed by atoms with van der Waals surface area (Å²) in [5.41, 5.74) is -3.10. The zero-order valence-corrected chi connectivity index (χ0v) is 35.6. The fourth-order valence-electron chi connectivity index (χ4n) is 7.05. The van der Waals surface area contributed by atoms with Gasteiger partial charge in [-0.2, -0.15) is 51.6 Å². The normalized spacial score (nSPS) is 14.4. The van der Waals surface area contributed by atoms with Gasteiger partial charge in [0.15, 0.2) is 0 Å². The molecule has 1 aliphatic carbocycles. The maximum absolute atomic E-state index is 13.3. The molecule has 0 saturated heterocycles. The van der Waals surface area contributed by atoms with Gasteiger partial charge in [0.2, 0.25) is 0 Å². The number of hydrogen-bond acceptors (Lipinski definition) is 0. The number of aryl methyl sites for hydroxylation is 1. The molecule has 1 aliphatic rings. The standard InChI is InChI=1S/C21H14F9.C18H23.C2H6Si.2ClH.Zr/c1-2-12-10-14-4-3-5-16(17(14)11-12)13-6-8-15(9-7-13)18(19(22,23)24,20(25,26)27)21(28,29)30;1-3-13(2)17-10-6-9-15-11-16(12-18(15)17)14-7-4-5-8-14;1-3-2;;;/h3-11H,2H2,1H3;6,9-14H,3-5,7-8H2,1-2H3;1-2H3;2*1H;/q2*-1;;;;+4/p-2. The average molecular weight is 897 g/mol. The van der Waals surface area contributed by atoms with Crippen LogP contribution in [0.1, 0.15) is 87.0 Å². The Labute approximate surface area is 333 Å². The molecule has 0 spiro atoms. The Morgan fingerprint density at radius 2 is 1.24 bits per heavy atom. The molecule has 0 nitrogen and oxygen atoms in total. The van der Waals surface area contributed by atoms with Crippen molar-refractivity contribution in [3.8, 4) is 11.1 Å². The zero-order chi connectivity index (χ0) is 40.5. The maximum atomic E-state index is 13.3. The van der Waals surface area contributed by atoms with Gasteiger partial charge in [-0.05, 0) is 42.2 Å². The molecule has 1 saturated carbocycles. The van der Waals surface area contributed by atoms with Crippen LogP contribution in [0.4, 0.5) is 39.5 Å². The van der Waals surface area contributed by atoms with Gasteiger partial charge in [-0.3, -0.25) is 0 Å². The van der Waals surface area contributed by atoms with Gasteiger partial charge in [0, 0.05) is 9.52 Å². The molecule has 5 aromatic rings. The molecule has 1 unspecified atom stereocenters. The molecular weight excluding hydrogens is 854 g/mol. The predicted molar refractivity (Wildman–Crippen MR) is 203 cm³/mol. The van der Waals surface area contributed by atoms with E-state index >= 15 is 0 Å². The van der Waals surface area contributed by atoms with Crippen LogP contribution in [0.2, 0.25) is 13.1 Å². The van der Waals surface area contributed by atoms with Crippen LogP contribution in [-0.4, -0.2) is 28.0 Å². The van der Waals surface area contributed by atoms with Crippen molar-refractivity contribution in [1.82, 2.24) is 0 Å². The molecule has 292 valence electrons. The van der Waals surface area contributed by atoms with Crippen molar-refractivity contribution in [1.29, 1.82) is 0 Å². The molecule has 0 bridgehead atoms. The van der Waals surface area contributed by atoms with Crippen molar-refractivity contribution < 1.29 is 60.4 Å². The second-order valence-electron chi connectivity index (χ2n) is 13.3. The van der Waals surface area contributed by atoms with Gasteiger partial charge in [0.05, 0.1) is 0 Å². The van der Waals surface area contributed by atoms with E-state index in [1.54, 1.807) is 29.3 Å². The third-order valence-corrected chi connectivity index (χ3v) is 9.90. The molecule has 0 aromatic heterocycles. The van der Waals surface area contributed by atoms with Crippen molar-refractivity contribution in [2.24, 2.45) is 0 Å². The summed E-state index contributed by atoms with van der Waals surface area (Å²) >= 11 is -0.826. The van der Waals surface area contributed by atoms with Gasteiger partial charge in [0.25, 0.3) is 5.41 Å². The van der Waals surface area contributed by atoms with E-state index in [1.165, 1.54) is 42.9 Å². The molecule has 0 heterocycles. The van der Waals surface area contributed by atoms with Crippen molar-refractivity contribution in [2.75, 3.05) is 0 Å². The van der Waals surface area contributed by atoms with E-state index in [9.17, 15) is 39.5 Å². The first-order valence-corrected chi connectivity index (χ1v) is 25.9. The van der Waals surface area contributed by atoms with Crippen LogP contribution in [-0.2, 0) is 32.7 Å². The molecule has 2 radical (unpaired) electrons. The van der Waals surface area contributed by atoms with E-state index in [4.69, 9.17) is 17.0 Å². The molecular formula is C41H43Cl2F9SiZr. The predicted octanol–water partition coefficient (Wildman–Crippen LogP) is 15.6. The Balaban J connectivity index is 0.000000275. The monoisotopic (exact) mass is 894 g/mol. The quantitative estimate of drug-likeness (QED) is 0.0905. The molecule has 1 atom stereocenters. The molecule has 54 heavy (non-hydrogen) atoms. The van der Waals surface area contributed by atoms with Crippen LogP contribution in [0.15, 0.2) is 84.9 Å². The molecule has 0 N–H and O–H groups in total. The second-order valence-corrected chi connectivity index (χ2v) is 18.1. The fourth-order valence-corrected chi connectivity index (χ4v) is 7.05. The molecule has 0 amide bonds. The Kier molecular flexibility index (Phi) is 17.0. The zero-order valence-electron chi connectivity index (χ0n) is 30.6. The molecule has 0 aliphatic heterocycles. The topological polar surface area (TPSA) is 0 Å². The van der Waals surface area contributed by atoms with Crippen molar-refractivity contribution in [2.45, 2.75) is 108 Å². The van der Waals surface area contributed by atoms with Gasteiger partial charge in [-0.15, -0.1) is 69.1 Å². The Bertz CT molecular complexity index is 1850. The Morgan fingerprint density at radius 3 is 1.72 bits per heavy atom. The SMILES string of the molecule is CCC(C)c1cccc2[cH-]c(C3CCCC3)cc12.CCc1cc2c(-c3ccc(C(C(F)(F)F)(C(F)(F)F)C(F)(F)F)cc3)cccc2[cH-]1.C[Si]C.[Cl][Zr+2][Cl]. The van der Waals surface area contributed by atoms with Gasteiger partial charge < -0.3 is 0 Å². The summed E-state index contributed by atoms with van der Waals surface area (Å²) in [6, 6.07) is 22.7. The van der Waals surface area contributed by atoms with Crippen LogP contribution >= 0.6 is 17.0 Å². The van der Waals surface area contributed by atoms with E-state index in [0.717, 1.165) is 38.5 Å². The third kappa shape index (κ3) is 10.3. The number of fused-ring (bicyclic) bond motifs is 2. The summed E-state index contributed by atoms with van der Waals surface area (Å²) in [5, 5.41) is 4.47. The van der Waals surface area contributed by atoms with Crippen molar-refractivity contribution >= 4 is 48.1 Å². The van der Waals surface area contributed by atoms with E-state index in [-0.39, 0.29) is 17.7 Å². The minimum atomic E-state index is -6.63. The van der Waals surface area contributed by atoms with Crippen LogP contribution in [0, 0.1) is 0 Å². The number of hydrogen-bond donors (Lipinski definition) is 0. The van der Waals surface area contributed by atoms with E-state index in [2.05, 4.69) is 57.3 Å². The third-order valence-electron chi connectivity index (χ3n) is 9.90. The number of rotatable bonds is 6. The van der Waals surface area contributed by atoms with Crippen LogP contribution in [0.25, 0.3) is 32.7 Å². The molecule has 1 fully saturated rings. The van der Waals surface area contributed by atoms with Crippen LogP contribution < -0.4 is 0 Å². The Morgan fingerprint density at radius 1 is 0.741 bits per heavy atom. The first-order valence-electron chi connectivity index (χ1n) is 17.6. The number of halogens is 11. The molecule has 13 heteroatoms. The first kappa shape index (κ1) is 46.3. The molecule has 5 aromatic carbocycles. The van der Waals surface area contributed by atoms with Crippen molar-refractivity contribution in [3.63, 3.8) is 0 Å². The van der Waals surface area contributed by atoms with Crippen molar-refractivity contribution in [3.05, 3.63) is 107 Å². The fraction of sp³-hybridized carbons (Fsp3) is 0.415. The van der Waals surface area contributed by atoms with E-state index in [1.807, 2.05) is 19.1 Å². The van der Waals surface area contributed by atoms with E-state index in [0.29, 0.717) is 23.3 Å². The van der Waals surface area contributed by atoms with Crippen LogP contribution in [0.5, 0.6) is 0 Å². The van der Waals surface area contributed by atoms with Gasteiger partial charge in [0.1, 0.15) is 0 Å². The van der Waals surface area contributed by atoms with Gasteiger partial charge >= 0.3 is 56.4 Å². The van der Waals surface area contributed by atoms with Gasteiger partial charge in [-0.1, -0.05) is 101 Å². The first-order chi connectivity index (χ1) is 25.4.